The number of aromatic amines is 1. The number of hydrogen-bond acceptors (Lipinski definition) is 5. The summed E-state index contributed by atoms with van der Waals surface area (Å²) in [6.07, 6.45) is 0. The van der Waals surface area contributed by atoms with Crippen molar-refractivity contribution in [2.24, 2.45) is 0 Å². The predicted octanol–water partition coefficient (Wildman–Crippen LogP) is 4.20. The summed E-state index contributed by atoms with van der Waals surface area (Å²) in [7, 11) is -0.325. The van der Waals surface area contributed by atoms with E-state index in [0.717, 1.165) is 22.2 Å². The van der Waals surface area contributed by atoms with Crippen LogP contribution in [-0.2, 0) is 10.1 Å². The Hall–Kier alpha value is -3.86. The number of amides is 2. The molecule has 4 N–H and O–H groups in total. The summed E-state index contributed by atoms with van der Waals surface area (Å²) in [6, 6.07) is 20.1. The SMILES string of the molecule is CN(C)c1ccccc1C(=O)NNC(=O)c1cc2cc(Cl)ccc2[nH]1.Cc1ccc(S(=O)(=O)O)cc1. The minimum atomic E-state index is -4.02. The van der Waals surface area contributed by atoms with Crippen LogP contribution in [0.1, 0.15) is 26.4 Å². The van der Waals surface area contributed by atoms with Crippen LogP contribution in [0, 0.1) is 6.92 Å². The molecule has 0 atom stereocenters. The van der Waals surface area contributed by atoms with Crippen LogP contribution < -0.4 is 15.8 Å². The largest absolute Gasteiger partial charge is 0.377 e. The van der Waals surface area contributed by atoms with Gasteiger partial charge in [0.1, 0.15) is 5.69 Å². The highest BCUT2D eigenvalue weighted by molar-refractivity contribution is 7.85. The highest BCUT2D eigenvalue weighted by Gasteiger charge is 2.15. The number of nitrogens with zero attached hydrogens (tertiary/aromatic N) is 1. The second-order valence-corrected chi connectivity index (χ2v) is 9.88. The van der Waals surface area contributed by atoms with E-state index < -0.39 is 21.9 Å². The number of halogens is 1. The smallest absolute Gasteiger partial charge is 0.294 e. The summed E-state index contributed by atoms with van der Waals surface area (Å²) >= 11 is 5.94. The number of para-hydroxylation sites is 1. The molecule has 0 aliphatic rings. The van der Waals surface area contributed by atoms with Crippen LogP contribution in [0.4, 0.5) is 5.69 Å². The molecular weight excluding hydrogens is 504 g/mol. The van der Waals surface area contributed by atoms with Crippen LogP contribution in [0.25, 0.3) is 10.9 Å². The van der Waals surface area contributed by atoms with Crippen molar-refractivity contribution in [3.63, 3.8) is 0 Å². The van der Waals surface area contributed by atoms with E-state index in [1.165, 1.54) is 12.1 Å². The standard InChI is InChI=1S/C18H17ClN4O2.C7H8O3S/c1-23(2)16-6-4-3-5-13(16)17(24)21-22-18(25)15-10-11-9-12(19)7-8-14(11)20-15;1-6-2-4-7(5-3-6)11(8,9)10/h3-10,20H,1-2H3,(H,21,24)(H,22,25);2-5H,1H3,(H,8,9,10). The van der Waals surface area contributed by atoms with Crippen molar-refractivity contribution in [3.05, 3.63) is 94.6 Å². The Morgan fingerprint density at radius 2 is 1.56 bits per heavy atom. The van der Waals surface area contributed by atoms with Crippen molar-refractivity contribution in [3.8, 4) is 0 Å². The van der Waals surface area contributed by atoms with E-state index in [2.05, 4.69) is 15.8 Å². The minimum Gasteiger partial charge on any atom is -0.377 e. The van der Waals surface area contributed by atoms with Gasteiger partial charge in [0.25, 0.3) is 21.9 Å². The fourth-order valence-electron chi connectivity index (χ4n) is 3.24. The van der Waals surface area contributed by atoms with E-state index in [9.17, 15) is 18.0 Å². The molecule has 1 aromatic heterocycles. The predicted molar refractivity (Wildman–Crippen MR) is 140 cm³/mol. The number of carbonyl (C=O) groups is 2. The fourth-order valence-corrected chi connectivity index (χ4v) is 3.90. The van der Waals surface area contributed by atoms with Crippen molar-refractivity contribution in [2.45, 2.75) is 11.8 Å². The minimum absolute atomic E-state index is 0.0666. The number of rotatable bonds is 4. The fraction of sp³-hybridized carbons (Fsp3) is 0.120. The number of benzene rings is 3. The number of aromatic nitrogens is 1. The van der Waals surface area contributed by atoms with E-state index in [1.807, 2.05) is 38.1 Å². The molecule has 2 amide bonds. The molecule has 4 rings (SSSR count). The molecule has 1 heterocycles. The zero-order chi connectivity index (χ0) is 26.5. The molecule has 36 heavy (non-hydrogen) atoms. The molecule has 188 valence electrons. The lowest BCUT2D eigenvalue weighted by molar-refractivity contribution is 0.0844. The first-order chi connectivity index (χ1) is 17.0. The zero-order valence-corrected chi connectivity index (χ0v) is 21.3. The average Bonchev–Trinajstić information content (AvgIpc) is 3.25. The molecule has 0 aliphatic carbocycles. The monoisotopic (exact) mass is 528 g/mol. The van der Waals surface area contributed by atoms with Gasteiger partial charge in [0.15, 0.2) is 0 Å². The quantitative estimate of drug-likeness (QED) is 0.232. The summed E-state index contributed by atoms with van der Waals surface area (Å²) < 4.78 is 29.6. The zero-order valence-electron chi connectivity index (χ0n) is 19.7. The third-order valence-electron chi connectivity index (χ3n) is 5.07. The molecule has 0 saturated heterocycles. The number of aryl methyl sites for hydroxylation is 1. The van der Waals surface area contributed by atoms with E-state index >= 15 is 0 Å². The molecule has 3 aromatic carbocycles. The summed E-state index contributed by atoms with van der Waals surface area (Å²) in [5, 5.41) is 1.41. The number of carbonyl (C=O) groups excluding carboxylic acids is 2. The molecule has 0 unspecified atom stereocenters. The van der Waals surface area contributed by atoms with Crippen molar-refractivity contribution >= 4 is 50.1 Å². The maximum atomic E-state index is 12.3. The molecule has 11 heteroatoms. The summed E-state index contributed by atoms with van der Waals surface area (Å²) in [5.41, 5.74) is 8.16. The van der Waals surface area contributed by atoms with Gasteiger partial charge in [-0.15, -0.1) is 0 Å². The Bertz CT molecular complexity index is 1500. The van der Waals surface area contributed by atoms with Crippen molar-refractivity contribution < 1.29 is 22.6 Å². The van der Waals surface area contributed by atoms with Gasteiger partial charge in [-0.1, -0.05) is 41.4 Å². The lowest BCUT2D eigenvalue weighted by atomic mass is 10.1. The lowest BCUT2D eigenvalue weighted by Gasteiger charge is -2.16. The highest BCUT2D eigenvalue weighted by Crippen LogP contribution is 2.20. The first kappa shape index (κ1) is 26.7. The molecule has 0 aliphatic heterocycles. The molecule has 9 nitrogen and oxygen atoms in total. The number of anilines is 1. The summed E-state index contributed by atoms with van der Waals surface area (Å²) in [6.45, 7) is 1.84. The van der Waals surface area contributed by atoms with Gasteiger partial charge in [0.05, 0.1) is 10.5 Å². The molecule has 0 spiro atoms. The Morgan fingerprint density at radius 1 is 0.917 bits per heavy atom. The third kappa shape index (κ3) is 6.85. The number of hydrogen-bond donors (Lipinski definition) is 4. The van der Waals surface area contributed by atoms with Gasteiger partial charge < -0.3 is 9.88 Å². The van der Waals surface area contributed by atoms with Gasteiger partial charge in [0, 0.05) is 35.7 Å². The number of H-pyrrole nitrogens is 1. The van der Waals surface area contributed by atoms with Crippen LogP contribution in [-0.4, -0.2) is 43.9 Å². The molecule has 0 saturated carbocycles. The van der Waals surface area contributed by atoms with Crippen LogP contribution in [0.2, 0.25) is 5.02 Å². The lowest BCUT2D eigenvalue weighted by Crippen LogP contribution is -2.42. The molecule has 4 aromatic rings. The normalized spacial score (nSPS) is 10.8. The van der Waals surface area contributed by atoms with Crippen LogP contribution in [0.5, 0.6) is 0 Å². The van der Waals surface area contributed by atoms with Gasteiger partial charge >= 0.3 is 0 Å². The topological polar surface area (TPSA) is 132 Å². The van der Waals surface area contributed by atoms with Gasteiger partial charge in [-0.25, -0.2) is 0 Å². The Balaban J connectivity index is 0.000000275. The number of fused-ring (bicyclic) bond motifs is 1. The number of nitrogens with one attached hydrogen (secondary N) is 3. The first-order valence-corrected chi connectivity index (χ1v) is 12.5. The Labute approximate surface area is 213 Å². The maximum absolute atomic E-state index is 12.3. The van der Waals surface area contributed by atoms with Gasteiger partial charge in [-0.05, 0) is 55.5 Å². The van der Waals surface area contributed by atoms with E-state index in [0.29, 0.717) is 16.3 Å². The average molecular weight is 529 g/mol. The summed E-state index contributed by atoms with van der Waals surface area (Å²) in [5.74, 6) is -0.834. The van der Waals surface area contributed by atoms with Gasteiger partial charge in [-0.2, -0.15) is 8.42 Å². The molecule has 0 radical (unpaired) electrons. The van der Waals surface area contributed by atoms with Gasteiger partial charge in [0.2, 0.25) is 0 Å². The van der Waals surface area contributed by atoms with Crippen molar-refractivity contribution in [2.75, 3.05) is 19.0 Å². The van der Waals surface area contributed by atoms with E-state index in [-0.39, 0.29) is 4.90 Å². The van der Waals surface area contributed by atoms with E-state index in [1.54, 1.807) is 48.5 Å². The second kappa shape index (κ2) is 11.3. The van der Waals surface area contributed by atoms with Crippen molar-refractivity contribution in [1.82, 2.24) is 15.8 Å². The van der Waals surface area contributed by atoms with Crippen LogP contribution in [0.15, 0.2) is 77.7 Å². The highest BCUT2D eigenvalue weighted by atomic mass is 35.5. The molecule has 0 bridgehead atoms. The Kier molecular flexibility index (Phi) is 8.36. The second-order valence-electron chi connectivity index (χ2n) is 8.02. The third-order valence-corrected chi connectivity index (χ3v) is 6.17. The first-order valence-electron chi connectivity index (χ1n) is 10.6. The van der Waals surface area contributed by atoms with Crippen LogP contribution >= 0.6 is 11.6 Å². The Morgan fingerprint density at radius 3 is 2.19 bits per heavy atom. The van der Waals surface area contributed by atoms with Crippen molar-refractivity contribution in [1.29, 1.82) is 0 Å². The summed E-state index contributed by atoms with van der Waals surface area (Å²) in [4.78, 5) is 29.3. The maximum Gasteiger partial charge on any atom is 0.294 e. The van der Waals surface area contributed by atoms with Crippen LogP contribution in [0.3, 0.4) is 0 Å². The molecular formula is C25H25ClN4O5S. The molecule has 0 fully saturated rings. The van der Waals surface area contributed by atoms with Gasteiger partial charge in [-0.3, -0.25) is 25.0 Å². The van der Waals surface area contributed by atoms with E-state index in [4.69, 9.17) is 16.2 Å². The number of hydrazine groups is 1.